The van der Waals surface area contributed by atoms with Crippen LogP contribution in [0, 0.1) is 10.1 Å². The average Bonchev–Trinajstić information content (AvgIpc) is 3.33. The summed E-state index contributed by atoms with van der Waals surface area (Å²) < 4.78 is 0. The molecule has 0 unspecified atom stereocenters. The zero-order valence-corrected chi connectivity index (χ0v) is 18.9. The van der Waals surface area contributed by atoms with Crippen molar-refractivity contribution < 1.29 is 9.72 Å². The van der Waals surface area contributed by atoms with E-state index in [0.717, 1.165) is 0 Å². The highest BCUT2D eigenvalue weighted by atomic mass is 35.5. The number of rotatable bonds is 5. The lowest BCUT2D eigenvalue weighted by atomic mass is 10.1. The Labute approximate surface area is 202 Å². The Morgan fingerprint density at radius 2 is 1.82 bits per heavy atom. The largest absolute Gasteiger partial charge is 0.298 e. The van der Waals surface area contributed by atoms with Crippen LogP contribution < -0.4 is 5.32 Å². The Hall–Kier alpha value is -4.21. The highest BCUT2D eigenvalue weighted by Gasteiger charge is 2.18. The van der Waals surface area contributed by atoms with Crippen LogP contribution in [0.15, 0.2) is 78.3 Å². The number of benzene rings is 2. The molecule has 0 atom stereocenters. The number of nitrogens with one attached hydrogen (secondary N) is 1. The molecule has 10 heteroatoms. The van der Waals surface area contributed by atoms with Crippen molar-refractivity contribution in [3.8, 4) is 22.6 Å². The number of para-hydroxylation sites is 1. The van der Waals surface area contributed by atoms with Crippen LogP contribution in [0.2, 0.25) is 5.02 Å². The number of thiazole rings is 1. The lowest BCUT2D eigenvalue weighted by Crippen LogP contribution is -2.13. The van der Waals surface area contributed by atoms with E-state index in [1.54, 1.807) is 60.1 Å². The van der Waals surface area contributed by atoms with Gasteiger partial charge in [0.2, 0.25) is 0 Å². The number of carbonyl (C=O) groups excluding carboxylic acids is 1. The molecule has 0 spiro atoms. The van der Waals surface area contributed by atoms with Gasteiger partial charge in [0.15, 0.2) is 5.13 Å². The van der Waals surface area contributed by atoms with Gasteiger partial charge in [-0.15, -0.1) is 11.3 Å². The first kappa shape index (κ1) is 21.6. The molecule has 2 aromatic carbocycles. The SMILES string of the molecule is O=C(Nc1nc(-c2cccc([N+](=O)[O-])c2)cs1)c1cc(-c2ccccn2)nc2c(Cl)cccc12. The van der Waals surface area contributed by atoms with Crippen molar-refractivity contribution in [2.24, 2.45) is 0 Å². The van der Waals surface area contributed by atoms with Crippen molar-refractivity contribution in [2.45, 2.75) is 0 Å². The van der Waals surface area contributed by atoms with E-state index >= 15 is 0 Å². The minimum absolute atomic E-state index is 0.0294. The average molecular weight is 488 g/mol. The monoisotopic (exact) mass is 487 g/mol. The minimum atomic E-state index is -0.461. The Kier molecular flexibility index (Phi) is 5.70. The van der Waals surface area contributed by atoms with E-state index in [1.807, 2.05) is 6.07 Å². The van der Waals surface area contributed by atoms with Crippen molar-refractivity contribution >= 4 is 50.6 Å². The second-order valence-corrected chi connectivity index (χ2v) is 8.47. The molecule has 0 aliphatic heterocycles. The van der Waals surface area contributed by atoms with E-state index in [2.05, 4.69) is 20.3 Å². The summed E-state index contributed by atoms with van der Waals surface area (Å²) in [5, 5.41) is 17.0. The maximum absolute atomic E-state index is 13.3. The molecule has 0 radical (unpaired) electrons. The van der Waals surface area contributed by atoms with Crippen molar-refractivity contribution in [1.82, 2.24) is 15.0 Å². The van der Waals surface area contributed by atoms with Crippen LogP contribution in [0.4, 0.5) is 10.8 Å². The maximum Gasteiger partial charge on any atom is 0.270 e. The van der Waals surface area contributed by atoms with Crippen molar-refractivity contribution in [3.05, 3.63) is 99.0 Å². The predicted molar refractivity (Wildman–Crippen MR) is 132 cm³/mol. The van der Waals surface area contributed by atoms with Crippen LogP contribution in [0.5, 0.6) is 0 Å². The first-order valence-electron chi connectivity index (χ1n) is 10.0. The van der Waals surface area contributed by atoms with E-state index in [9.17, 15) is 14.9 Å². The topological polar surface area (TPSA) is 111 Å². The standard InChI is InChI=1S/C24H14ClN5O3S/c25-18-8-4-7-16-17(12-20(27-22(16)18)19-9-1-2-10-26-19)23(31)29-24-28-21(13-34-24)14-5-3-6-15(11-14)30(32)33/h1-13H,(H,28,29,31). The number of hydrogen-bond acceptors (Lipinski definition) is 7. The second-order valence-electron chi connectivity index (χ2n) is 7.21. The van der Waals surface area contributed by atoms with Gasteiger partial charge >= 0.3 is 0 Å². The number of non-ortho nitro benzene ring substituents is 1. The van der Waals surface area contributed by atoms with Crippen LogP contribution >= 0.6 is 22.9 Å². The molecule has 0 bridgehead atoms. The van der Waals surface area contributed by atoms with Gasteiger partial charge in [0.1, 0.15) is 0 Å². The fourth-order valence-corrected chi connectivity index (χ4v) is 4.39. The minimum Gasteiger partial charge on any atom is -0.298 e. The van der Waals surface area contributed by atoms with Gasteiger partial charge in [0.05, 0.1) is 38.1 Å². The number of nitrogens with zero attached hydrogens (tertiary/aromatic N) is 4. The number of amides is 1. The summed E-state index contributed by atoms with van der Waals surface area (Å²) in [7, 11) is 0. The molecule has 0 aliphatic rings. The van der Waals surface area contributed by atoms with E-state index in [1.165, 1.54) is 23.5 Å². The Balaban J connectivity index is 1.50. The number of carbonyl (C=O) groups is 1. The molecule has 8 nitrogen and oxygen atoms in total. The quantitative estimate of drug-likeness (QED) is 0.232. The number of pyridine rings is 2. The molecule has 166 valence electrons. The van der Waals surface area contributed by atoms with Gasteiger partial charge in [0, 0.05) is 34.7 Å². The molecule has 1 amide bonds. The summed E-state index contributed by atoms with van der Waals surface area (Å²) in [5.74, 6) is -0.383. The van der Waals surface area contributed by atoms with Gasteiger partial charge in [-0.25, -0.2) is 9.97 Å². The molecule has 0 saturated heterocycles. The Morgan fingerprint density at radius 1 is 0.971 bits per heavy atom. The highest BCUT2D eigenvalue weighted by molar-refractivity contribution is 7.14. The van der Waals surface area contributed by atoms with E-state index in [4.69, 9.17) is 11.6 Å². The van der Waals surface area contributed by atoms with Gasteiger partial charge < -0.3 is 0 Å². The van der Waals surface area contributed by atoms with E-state index in [0.29, 0.717) is 49.3 Å². The number of hydrogen-bond donors (Lipinski definition) is 1. The fourth-order valence-electron chi connectivity index (χ4n) is 3.45. The molecule has 0 saturated carbocycles. The zero-order valence-electron chi connectivity index (χ0n) is 17.3. The number of nitro groups is 1. The van der Waals surface area contributed by atoms with Gasteiger partial charge in [-0.3, -0.25) is 25.2 Å². The van der Waals surface area contributed by atoms with E-state index < -0.39 is 4.92 Å². The third-order valence-corrected chi connectivity index (χ3v) is 6.10. The van der Waals surface area contributed by atoms with Gasteiger partial charge in [0.25, 0.3) is 11.6 Å². The molecule has 0 fully saturated rings. The van der Waals surface area contributed by atoms with Crippen LogP contribution in [-0.4, -0.2) is 25.8 Å². The normalized spacial score (nSPS) is 10.9. The smallest absolute Gasteiger partial charge is 0.270 e. The third-order valence-electron chi connectivity index (χ3n) is 5.04. The van der Waals surface area contributed by atoms with Crippen LogP contribution in [0.3, 0.4) is 0 Å². The summed E-state index contributed by atoms with van der Waals surface area (Å²) in [5.41, 5.74) is 3.08. The number of aromatic nitrogens is 3. The molecule has 3 aromatic heterocycles. The van der Waals surface area contributed by atoms with Crippen LogP contribution in [-0.2, 0) is 0 Å². The van der Waals surface area contributed by atoms with Crippen LogP contribution in [0.25, 0.3) is 33.5 Å². The molecular weight excluding hydrogens is 474 g/mol. The number of anilines is 1. The first-order chi connectivity index (χ1) is 16.5. The molecule has 0 aliphatic carbocycles. The predicted octanol–water partition coefficient (Wildman–Crippen LogP) is 6.23. The molecule has 5 rings (SSSR count). The molecule has 1 N–H and O–H groups in total. The highest BCUT2D eigenvalue weighted by Crippen LogP contribution is 2.31. The van der Waals surface area contributed by atoms with Gasteiger partial charge in [-0.1, -0.05) is 41.9 Å². The summed E-state index contributed by atoms with van der Waals surface area (Å²) in [4.78, 5) is 37.3. The Bertz CT molecular complexity index is 1560. The van der Waals surface area contributed by atoms with Crippen LogP contribution in [0.1, 0.15) is 10.4 Å². The summed E-state index contributed by atoms with van der Waals surface area (Å²) in [6, 6.07) is 18.5. The molecule has 34 heavy (non-hydrogen) atoms. The Morgan fingerprint density at radius 3 is 2.62 bits per heavy atom. The lowest BCUT2D eigenvalue weighted by molar-refractivity contribution is -0.384. The molecular formula is C24H14ClN5O3S. The lowest BCUT2D eigenvalue weighted by Gasteiger charge is -2.10. The van der Waals surface area contributed by atoms with E-state index in [-0.39, 0.29) is 11.6 Å². The third kappa shape index (κ3) is 4.21. The number of nitro benzene ring substituents is 1. The summed E-state index contributed by atoms with van der Waals surface area (Å²) >= 11 is 7.61. The zero-order chi connectivity index (χ0) is 23.7. The number of halogens is 1. The maximum atomic E-state index is 13.3. The van der Waals surface area contributed by atoms with Crippen molar-refractivity contribution in [3.63, 3.8) is 0 Å². The summed E-state index contributed by atoms with van der Waals surface area (Å²) in [6.45, 7) is 0. The summed E-state index contributed by atoms with van der Waals surface area (Å²) in [6.07, 6.45) is 1.65. The first-order valence-corrected chi connectivity index (χ1v) is 11.3. The second kappa shape index (κ2) is 8.97. The van der Waals surface area contributed by atoms with Crippen molar-refractivity contribution in [2.75, 3.05) is 5.32 Å². The van der Waals surface area contributed by atoms with Crippen molar-refractivity contribution in [1.29, 1.82) is 0 Å². The molecule has 5 aromatic rings. The van der Waals surface area contributed by atoms with Gasteiger partial charge in [-0.05, 0) is 24.3 Å². The molecule has 3 heterocycles. The fraction of sp³-hybridized carbons (Fsp3) is 0. The van der Waals surface area contributed by atoms with Gasteiger partial charge in [-0.2, -0.15) is 0 Å². The number of fused-ring (bicyclic) bond motifs is 1.